The molecule has 0 N–H and O–H groups in total. The van der Waals surface area contributed by atoms with Gasteiger partial charge in [-0.2, -0.15) is 0 Å². The highest BCUT2D eigenvalue weighted by Gasteiger charge is 2.24. The number of aryl methyl sites for hydroxylation is 1. The summed E-state index contributed by atoms with van der Waals surface area (Å²) in [7, 11) is 0. The maximum atomic E-state index is 12.4. The molecule has 0 aromatic heterocycles. The molecular formula is C16H18O. The van der Waals surface area contributed by atoms with E-state index in [9.17, 15) is 4.79 Å². The molecule has 2 aromatic carbocycles. The second-order valence-corrected chi connectivity index (χ2v) is 5.55. The Hall–Kier alpha value is -1.63. The van der Waals surface area contributed by atoms with Gasteiger partial charge >= 0.3 is 0 Å². The van der Waals surface area contributed by atoms with E-state index in [-0.39, 0.29) is 11.2 Å². The molecule has 1 heteroatoms. The summed E-state index contributed by atoms with van der Waals surface area (Å²) in [5.74, 6) is 0.203. The quantitative estimate of drug-likeness (QED) is 0.660. The third-order valence-electron chi connectivity index (χ3n) is 3.07. The Labute approximate surface area is 102 Å². The summed E-state index contributed by atoms with van der Waals surface area (Å²) in [5, 5.41) is 2.23. The molecule has 2 rings (SSSR count). The van der Waals surface area contributed by atoms with Crippen molar-refractivity contribution in [2.45, 2.75) is 27.7 Å². The Kier molecular flexibility index (Phi) is 2.78. The van der Waals surface area contributed by atoms with Crippen LogP contribution in [0.1, 0.15) is 36.7 Å². The van der Waals surface area contributed by atoms with E-state index in [1.54, 1.807) is 0 Å². The van der Waals surface area contributed by atoms with Gasteiger partial charge < -0.3 is 0 Å². The Bertz CT molecular complexity index is 574. The zero-order valence-electron chi connectivity index (χ0n) is 10.9. The summed E-state index contributed by atoms with van der Waals surface area (Å²) in [6.07, 6.45) is 0. The fourth-order valence-electron chi connectivity index (χ4n) is 2.05. The van der Waals surface area contributed by atoms with E-state index in [0.717, 1.165) is 10.9 Å². The first-order chi connectivity index (χ1) is 7.91. The molecule has 1 nitrogen and oxygen atoms in total. The van der Waals surface area contributed by atoms with Gasteiger partial charge in [-0.3, -0.25) is 4.79 Å². The maximum Gasteiger partial charge on any atom is 0.168 e. The first-order valence-corrected chi connectivity index (χ1v) is 5.94. The normalized spacial score (nSPS) is 11.8. The van der Waals surface area contributed by atoms with E-state index in [1.165, 1.54) is 10.9 Å². The number of Topliss-reactive ketones (excluding diaryl/α,β-unsaturated/α-hetero) is 1. The number of carbonyl (C=O) groups excluding carboxylic acids is 1. The number of ketones is 1. The van der Waals surface area contributed by atoms with E-state index in [2.05, 4.69) is 13.0 Å². The standard InChI is InChI=1S/C16H18O/c1-11-9-10-14(15(17)16(2,3)4)13-8-6-5-7-12(11)13/h5-10H,1-4H3. The average Bonchev–Trinajstić information content (AvgIpc) is 2.28. The Balaban J connectivity index is 2.72. The summed E-state index contributed by atoms with van der Waals surface area (Å²) in [6.45, 7) is 7.96. The van der Waals surface area contributed by atoms with Crippen LogP contribution in [0, 0.1) is 12.3 Å². The molecule has 17 heavy (non-hydrogen) atoms. The van der Waals surface area contributed by atoms with E-state index in [0.29, 0.717) is 0 Å². The van der Waals surface area contributed by atoms with E-state index in [1.807, 2.05) is 51.1 Å². The molecule has 88 valence electrons. The fraction of sp³-hybridized carbons (Fsp3) is 0.312. The largest absolute Gasteiger partial charge is 0.294 e. The van der Waals surface area contributed by atoms with Gasteiger partial charge in [0.15, 0.2) is 5.78 Å². The van der Waals surface area contributed by atoms with Gasteiger partial charge in [-0.25, -0.2) is 0 Å². The zero-order valence-corrected chi connectivity index (χ0v) is 10.9. The van der Waals surface area contributed by atoms with Crippen molar-refractivity contribution in [3.63, 3.8) is 0 Å². The highest BCUT2D eigenvalue weighted by molar-refractivity contribution is 6.10. The summed E-state index contributed by atoms with van der Waals surface area (Å²) in [5.41, 5.74) is 1.71. The van der Waals surface area contributed by atoms with E-state index < -0.39 is 0 Å². The fourth-order valence-corrected chi connectivity index (χ4v) is 2.05. The molecule has 0 atom stereocenters. The molecule has 0 spiro atoms. The van der Waals surface area contributed by atoms with Crippen LogP contribution in [-0.4, -0.2) is 5.78 Å². The number of carbonyl (C=O) groups is 1. The molecule has 0 radical (unpaired) electrons. The average molecular weight is 226 g/mol. The Morgan fingerprint density at radius 3 is 2.12 bits per heavy atom. The lowest BCUT2D eigenvalue weighted by Gasteiger charge is -2.18. The highest BCUT2D eigenvalue weighted by atomic mass is 16.1. The van der Waals surface area contributed by atoms with Crippen molar-refractivity contribution in [2.24, 2.45) is 5.41 Å². The number of rotatable bonds is 1. The molecular weight excluding hydrogens is 208 g/mol. The van der Waals surface area contributed by atoms with Crippen LogP contribution in [0.5, 0.6) is 0 Å². The minimum absolute atomic E-state index is 0.203. The smallest absolute Gasteiger partial charge is 0.168 e. The summed E-state index contributed by atoms with van der Waals surface area (Å²) >= 11 is 0. The predicted molar refractivity (Wildman–Crippen MR) is 72.5 cm³/mol. The van der Waals surface area contributed by atoms with Crippen LogP contribution in [0.25, 0.3) is 10.8 Å². The third-order valence-corrected chi connectivity index (χ3v) is 3.07. The zero-order chi connectivity index (χ0) is 12.6. The number of hydrogen-bond donors (Lipinski definition) is 0. The van der Waals surface area contributed by atoms with E-state index in [4.69, 9.17) is 0 Å². The molecule has 0 saturated heterocycles. The molecule has 0 amide bonds. The van der Waals surface area contributed by atoms with Crippen LogP contribution in [0.2, 0.25) is 0 Å². The van der Waals surface area contributed by atoms with E-state index >= 15 is 0 Å². The molecule has 0 heterocycles. The van der Waals surface area contributed by atoms with Crippen LogP contribution in [-0.2, 0) is 0 Å². The van der Waals surface area contributed by atoms with Crippen LogP contribution >= 0.6 is 0 Å². The molecule has 0 aliphatic carbocycles. The van der Waals surface area contributed by atoms with Gasteiger partial charge in [0.2, 0.25) is 0 Å². The Morgan fingerprint density at radius 2 is 1.53 bits per heavy atom. The number of fused-ring (bicyclic) bond motifs is 1. The Morgan fingerprint density at radius 1 is 0.941 bits per heavy atom. The lowest BCUT2D eigenvalue weighted by Crippen LogP contribution is -2.20. The molecule has 0 aliphatic heterocycles. The molecule has 0 aliphatic rings. The maximum absolute atomic E-state index is 12.4. The first-order valence-electron chi connectivity index (χ1n) is 5.94. The minimum atomic E-state index is -0.335. The minimum Gasteiger partial charge on any atom is -0.294 e. The van der Waals surface area contributed by atoms with Crippen molar-refractivity contribution in [3.8, 4) is 0 Å². The van der Waals surface area contributed by atoms with Gasteiger partial charge in [0, 0.05) is 11.0 Å². The molecule has 2 aromatic rings. The van der Waals surface area contributed by atoms with Crippen molar-refractivity contribution < 1.29 is 4.79 Å². The lowest BCUT2D eigenvalue weighted by atomic mass is 9.84. The number of hydrogen-bond acceptors (Lipinski definition) is 1. The number of benzene rings is 2. The molecule has 0 unspecified atom stereocenters. The second-order valence-electron chi connectivity index (χ2n) is 5.55. The van der Waals surface area contributed by atoms with Gasteiger partial charge in [-0.05, 0) is 23.3 Å². The van der Waals surface area contributed by atoms with Crippen LogP contribution in [0.15, 0.2) is 36.4 Å². The van der Waals surface area contributed by atoms with Crippen LogP contribution < -0.4 is 0 Å². The van der Waals surface area contributed by atoms with Crippen molar-refractivity contribution >= 4 is 16.6 Å². The van der Waals surface area contributed by atoms with Crippen molar-refractivity contribution in [1.29, 1.82) is 0 Å². The molecule has 0 saturated carbocycles. The van der Waals surface area contributed by atoms with Crippen LogP contribution in [0.4, 0.5) is 0 Å². The van der Waals surface area contributed by atoms with Gasteiger partial charge in [0.05, 0.1) is 0 Å². The first kappa shape index (κ1) is 11.8. The van der Waals surface area contributed by atoms with Gasteiger partial charge in [0.1, 0.15) is 0 Å². The van der Waals surface area contributed by atoms with Crippen molar-refractivity contribution in [2.75, 3.05) is 0 Å². The topological polar surface area (TPSA) is 17.1 Å². The lowest BCUT2D eigenvalue weighted by molar-refractivity contribution is 0.0860. The molecule has 0 fully saturated rings. The SMILES string of the molecule is Cc1ccc(C(=O)C(C)(C)C)c2ccccc12. The third kappa shape index (κ3) is 2.10. The predicted octanol–water partition coefficient (Wildman–Crippen LogP) is 4.38. The summed E-state index contributed by atoms with van der Waals surface area (Å²) < 4.78 is 0. The van der Waals surface area contributed by atoms with Crippen molar-refractivity contribution in [1.82, 2.24) is 0 Å². The van der Waals surface area contributed by atoms with Gasteiger partial charge in [-0.1, -0.05) is 57.2 Å². The summed E-state index contributed by atoms with van der Waals surface area (Å²) in [4.78, 5) is 12.4. The van der Waals surface area contributed by atoms with Gasteiger partial charge in [-0.15, -0.1) is 0 Å². The van der Waals surface area contributed by atoms with Crippen LogP contribution in [0.3, 0.4) is 0 Å². The molecule has 0 bridgehead atoms. The van der Waals surface area contributed by atoms with Gasteiger partial charge in [0.25, 0.3) is 0 Å². The second kappa shape index (κ2) is 3.99. The monoisotopic (exact) mass is 226 g/mol. The highest BCUT2D eigenvalue weighted by Crippen LogP contribution is 2.28. The summed E-state index contributed by atoms with van der Waals surface area (Å²) in [6, 6.07) is 12.1. The van der Waals surface area contributed by atoms with Crippen molar-refractivity contribution in [3.05, 3.63) is 47.5 Å².